The molecule has 1 heterocycles. The molecule has 28 heavy (non-hydrogen) atoms. The first kappa shape index (κ1) is 19.7. The quantitative estimate of drug-likeness (QED) is 0.677. The highest BCUT2D eigenvalue weighted by molar-refractivity contribution is 6.30. The zero-order valence-electron chi connectivity index (χ0n) is 15.1. The van der Waals surface area contributed by atoms with Gasteiger partial charge >= 0.3 is 6.09 Å². The molecule has 2 aromatic carbocycles. The molecule has 0 radical (unpaired) electrons. The molecule has 0 saturated heterocycles. The van der Waals surface area contributed by atoms with Gasteiger partial charge < -0.3 is 14.8 Å². The van der Waals surface area contributed by atoms with E-state index in [0.717, 1.165) is 0 Å². The molecule has 1 unspecified atom stereocenters. The second-order valence-electron chi connectivity index (χ2n) is 5.99. The van der Waals surface area contributed by atoms with E-state index in [1.54, 1.807) is 31.2 Å². The number of benzene rings is 2. The third kappa shape index (κ3) is 4.81. The molecule has 0 aliphatic rings. The van der Waals surface area contributed by atoms with Gasteiger partial charge in [0, 0.05) is 13.2 Å². The summed E-state index contributed by atoms with van der Waals surface area (Å²) in [6.45, 7) is 2.12. The third-order valence-electron chi connectivity index (χ3n) is 3.75. The number of nitrogens with zero attached hydrogens (tertiary/aromatic N) is 4. The summed E-state index contributed by atoms with van der Waals surface area (Å²) in [5.74, 6) is -0.318. The normalized spacial score (nSPS) is 11.9. The SMILES string of the molecule is COCC(C)NC(=O)Oc1cc(-c2ccc(Cl)c(F)c2)cc(-n2cnnn2)c1. The first-order valence-corrected chi connectivity index (χ1v) is 8.65. The smallest absolute Gasteiger partial charge is 0.410 e. The Morgan fingerprint density at radius 3 is 2.79 bits per heavy atom. The van der Waals surface area contributed by atoms with Crippen LogP contribution in [0.5, 0.6) is 5.75 Å². The number of rotatable bonds is 6. The molecular formula is C18H17ClFN5O3. The molecular weight excluding hydrogens is 389 g/mol. The number of halogens is 2. The molecule has 0 aliphatic carbocycles. The van der Waals surface area contributed by atoms with Gasteiger partial charge in [0.05, 0.1) is 23.4 Å². The van der Waals surface area contributed by atoms with Gasteiger partial charge in [-0.25, -0.2) is 13.9 Å². The zero-order valence-corrected chi connectivity index (χ0v) is 15.9. The molecule has 8 nitrogen and oxygen atoms in total. The molecule has 0 aliphatic heterocycles. The van der Waals surface area contributed by atoms with Gasteiger partial charge in [0.15, 0.2) is 0 Å². The van der Waals surface area contributed by atoms with Gasteiger partial charge in [-0.2, -0.15) is 0 Å². The van der Waals surface area contributed by atoms with Gasteiger partial charge in [-0.05, 0) is 52.7 Å². The van der Waals surface area contributed by atoms with Crippen LogP contribution in [0.25, 0.3) is 16.8 Å². The molecule has 3 rings (SSSR count). The highest BCUT2D eigenvalue weighted by Crippen LogP contribution is 2.30. The largest absolute Gasteiger partial charge is 0.412 e. The van der Waals surface area contributed by atoms with E-state index in [1.807, 2.05) is 0 Å². The fraction of sp³-hybridized carbons (Fsp3) is 0.222. The van der Waals surface area contributed by atoms with Crippen molar-refractivity contribution < 1.29 is 18.7 Å². The zero-order chi connectivity index (χ0) is 20.1. The summed E-state index contributed by atoms with van der Waals surface area (Å²) in [5.41, 5.74) is 1.68. The van der Waals surface area contributed by atoms with Gasteiger partial charge in [-0.15, -0.1) is 5.10 Å². The van der Waals surface area contributed by atoms with Crippen LogP contribution in [-0.2, 0) is 4.74 Å². The lowest BCUT2D eigenvalue weighted by Gasteiger charge is -2.14. The maximum Gasteiger partial charge on any atom is 0.412 e. The summed E-state index contributed by atoms with van der Waals surface area (Å²) in [7, 11) is 1.54. The number of ether oxygens (including phenoxy) is 2. The van der Waals surface area contributed by atoms with E-state index in [0.29, 0.717) is 23.4 Å². The lowest BCUT2D eigenvalue weighted by Crippen LogP contribution is -2.37. The van der Waals surface area contributed by atoms with Crippen molar-refractivity contribution in [3.8, 4) is 22.6 Å². The van der Waals surface area contributed by atoms with Crippen LogP contribution in [0, 0.1) is 5.82 Å². The Kier molecular flexibility index (Phi) is 6.17. The number of hydrogen-bond acceptors (Lipinski definition) is 6. The predicted octanol–water partition coefficient (Wildman–Crippen LogP) is 3.25. The predicted molar refractivity (Wildman–Crippen MR) is 100 cm³/mol. The maximum absolute atomic E-state index is 13.9. The van der Waals surface area contributed by atoms with Crippen molar-refractivity contribution >= 4 is 17.7 Å². The van der Waals surface area contributed by atoms with Crippen molar-refractivity contribution in [3.05, 3.63) is 53.6 Å². The van der Waals surface area contributed by atoms with Gasteiger partial charge in [-0.3, -0.25) is 0 Å². The first-order chi connectivity index (χ1) is 13.5. The molecule has 1 N–H and O–H groups in total. The Labute approximate surface area is 165 Å². The van der Waals surface area contributed by atoms with Crippen LogP contribution in [0.4, 0.5) is 9.18 Å². The number of methoxy groups -OCH3 is 1. The molecule has 10 heteroatoms. The number of amides is 1. The average molecular weight is 406 g/mol. The second-order valence-corrected chi connectivity index (χ2v) is 6.40. The minimum Gasteiger partial charge on any atom is -0.410 e. The number of aromatic nitrogens is 4. The van der Waals surface area contributed by atoms with Gasteiger partial charge in [0.2, 0.25) is 0 Å². The summed E-state index contributed by atoms with van der Waals surface area (Å²) >= 11 is 5.76. The number of tetrazole rings is 1. The molecule has 0 fully saturated rings. The summed E-state index contributed by atoms with van der Waals surface area (Å²) in [5, 5.41) is 13.7. The lowest BCUT2D eigenvalue weighted by atomic mass is 10.0. The summed E-state index contributed by atoms with van der Waals surface area (Å²) in [4.78, 5) is 12.1. The first-order valence-electron chi connectivity index (χ1n) is 8.27. The van der Waals surface area contributed by atoms with E-state index in [4.69, 9.17) is 21.1 Å². The Morgan fingerprint density at radius 2 is 2.11 bits per heavy atom. The van der Waals surface area contributed by atoms with Crippen LogP contribution in [0.2, 0.25) is 5.02 Å². The monoisotopic (exact) mass is 405 g/mol. The standard InChI is InChI=1S/C18H17ClFN5O3/c1-11(9-27-2)22-18(26)28-15-6-13(12-3-4-16(19)17(20)7-12)5-14(8-15)25-10-21-23-24-25/h3-8,10-11H,9H2,1-2H3,(H,22,26). The fourth-order valence-corrected chi connectivity index (χ4v) is 2.64. The Balaban J connectivity index is 1.94. The summed E-state index contributed by atoms with van der Waals surface area (Å²) in [6, 6.07) is 9.11. The summed E-state index contributed by atoms with van der Waals surface area (Å²) < 4.78 is 25.6. The highest BCUT2D eigenvalue weighted by atomic mass is 35.5. The minimum atomic E-state index is -0.647. The van der Waals surface area contributed by atoms with Gasteiger partial charge in [0.25, 0.3) is 0 Å². The van der Waals surface area contributed by atoms with Crippen molar-refractivity contribution in [1.29, 1.82) is 0 Å². The third-order valence-corrected chi connectivity index (χ3v) is 4.06. The van der Waals surface area contributed by atoms with E-state index in [9.17, 15) is 9.18 Å². The average Bonchev–Trinajstić information content (AvgIpc) is 3.18. The number of hydrogen-bond donors (Lipinski definition) is 1. The molecule has 3 aromatic rings. The van der Waals surface area contributed by atoms with E-state index < -0.39 is 11.9 Å². The van der Waals surface area contributed by atoms with E-state index in [-0.39, 0.29) is 16.8 Å². The highest BCUT2D eigenvalue weighted by Gasteiger charge is 2.13. The van der Waals surface area contributed by atoms with Crippen LogP contribution in [0.1, 0.15) is 6.92 Å². The molecule has 1 amide bonds. The van der Waals surface area contributed by atoms with E-state index >= 15 is 0 Å². The minimum absolute atomic E-state index is 0.0170. The maximum atomic E-state index is 13.9. The van der Waals surface area contributed by atoms with Gasteiger partial charge in [0.1, 0.15) is 17.9 Å². The summed E-state index contributed by atoms with van der Waals surface area (Å²) in [6.07, 6.45) is 0.748. The Morgan fingerprint density at radius 1 is 1.29 bits per heavy atom. The van der Waals surface area contributed by atoms with Crippen molar-refractivity contribution in [3.63, 3.8) is 0 Å². The Bertz CT molecular complexity index is 968. The van der Waals surface area contributed by atoms with Crippen molar-refractivity contribution in [2.24, 2.45) is 0 Å². The van der Waals surface area contributed by atoms with Crippen molar-refractivity contribution in [2.75, 3.05) is 13.7 Å². The number of nitrogens with one attached hydrogen (secondary N) is 1. The number of carbonyl (C=O) groups is 1. The molecule has 0 saturated carbocycles. The van der Waals surface area contributed by atoms with Crippen LogP contribution in [-0.4, -0.2) is 46.1 Å². The molecule has 1 aromatic heterocycles. The second kappa shape index (κ2) is 8.77. The van der Waals surface area contributed by atoms with Crippen LogP contribution < -0.4 is 10.1 Å². The fourth-order valence-electron chi connectivity index (χ4n) is 2.53. The lowest BCUT2D eigenvalue weighted by molar-refractivity contribution is 0.159. The van der Waals surface area contributed by atoms with Crippen molar-refractivity contribution in [2.45, 2.75) is 13.0 Å². The number of carbonyl (C=O) groups excluding carboxylic acids is 1. The van der Waals surface area contributed by atoms with Crippen LogP contribution >= 0.6 is 11.6 Å². The van der Waals surface area contributed by atoms with E-state index in [1.165, 1.54) is 30.3 Å². The Hall–Kier alpha value is -3.04. The molecule has 0 bridgehead atoms. The van der Waals surface area contributed by atoms with Crippen molar-refractivity contribution in [1.82, 2.24) is 25.5 Å². The van der Waals surface area contributed by atoms with Gasteiger partial charge in [-0.1, -0.05) is 17.7 Å². The molecule has 146 valence electrons. The van der Waals surface area contributed by atoms with E-state index in [2.05, 4.69) is 20.8 Å². The molecule has 0 spiro atoms. The topological polar surface area (TPSA) is 91.2 Å². The molecule has 1 atom stereocenters. The van der Waals surface area contributed by atoms with Crippen LogP contribution in [0.3, 0.4) is 0 Å². The van der Waals surface area contributed by atoms with Crippen LogP contribution in [0.15, 0.2) is 42.7 Å².